The fourth-order valence-corrected chi connectivity index (χ4v) is 1.66. The third kappa shape index (κ3) is 5.42. The molecular formula is C14H19NO4. The Morgan fingerprint density at radius 3 is 2.68 bits per heavy atom. The van der Waals surface area contributed by atoms with Gasteiger partial charge in [-0.3, -0.25) is 9.59 Å². The monoisotopic (exact) mass is 265 g/mol. The zero-order chi connectivity index (χ0) is 14.3. The van der Waals surface area contributed by atoms with Crippen molar-refractivity contribution in [3.05, 3.63) is 29.8 Å². The maximum absolute atomic E-state index is 11.7. The highest BCUT2D eigenvalue weighted by Crippen LogP contribution is 2.12. The first kappa shape index (κ1) is 15.0. The first-order valence-corrected chi connectivity index (χ1v) is 6.22. The Kier molecular flexibility index (Phi) is 5.85. The number of nitrogens with zero attached hydrogens (tertiary/aromatic N) is 1. The summed E-state index contributed by atoms with van der Waals surface area (Å²) < 4.78 is 5.46. The summed E-state index contributed by atoms with van der Waals surface area (Å²) in [7, 11) is 0. The lowest BCUT2D eigenvalue weighted by Gasteiger charge is -2.18. The predicted molar refractivity (Wildman–Crippen MR) is 71.2 cm³/mol. The molecule has 1 aromatic rings. The fourth-order valence-electron chi connectivity index (χ4n) is 1.66. The predicted octanol–water partition coefficient (Wildman–Crippen LogP) is 1.70. The lowest BCUT2D eigenvalue weighted by molar-refractivity contribution is -0.144. The number of carbonyl (C=O) groups is 2. The zero-order valence-corrected chi connectivity index (χ0v) is 11.3. The van der Waals surface area contributed by atoms with Crippen LogP contribution in [-0.2, 0) is 9.59 Å². The maximum atomic E-state index is 11.7. The van der Waals surface area contributed by atoms with Crippen LogP contribution in [0.5, 0.6) is 5.75 Å². The summed E-state index contributed by atoms with van der Waals surface area (Å²) in [6.07, 6.45) is 0.176. The molecule has 0 saturated carbocycles. The number of carboxylic acids is 1. The SMILES string of the molecule is CCN(CC(=O)O)C(=O)CCOc1cccc(C)c1. The van der Waals surface area contributed by atoms with Crippen LogP contribution in [0.1, 0.15) is 18.9 Å². The highest BCUT2D eigenvalue weighted by molar-refractivity contribution is 5.81. The van der Waals surface area contributed by atoms with Crippen LogP contribution >= 0.6 is 0 Å². The van der Waals surface area contributed by atoms with Crippen molar-refractivity contribution in [2.45, 2.75) is 20.3 Å². The van der Waals surface area contributed by atoms with Gasteiger partial charge in [-0.15, -0.1) is 0 Å². The van der Waals surface area contributed by atoms with Crippen LogP contribution in [0.25, 0.3) is 0 Å². The van der Waals surface area contributed by atoms with E-state index in [1.165, 1.54) is 4.90 Å². The van der Waals surface area contributed by atoms with Crippen LogP contribution in [0, 0.1) is 6.92 Å². The van der Waals surface area contributed by atoms with Crippen LogP contribution in [0.2, 0.25) is 0 Å². The van der Waals surface area contributed by atoms with Crippen molar-refractivity contribution >= 4 is 11.9 Å². The second-order valence-corrected chi connectivity index (χ2v) is 4.22. The van der Waals surface area contributed by atoms with E-state index in [0.29, 0.717) is 12.3 Å². The van der Waals surface area contributed by atoms with E-state index in [4.69, 9.17) is 9.84 Å². The van der Waals surface area contributed by atoms with Gasteiger partial charge in [-0.1, -0.05) is 12.1 Å². The smallest absolute Gasteiger partial charge is 0.323 e. The largest absolute Gasteiger partial charge is 0.493 e. The average Bonchev–Trinajstić information content (AvgIpc) is 2.35. The number of amides is 1. The average molecular weight is 265 g/mol. The molecule has 0 spiro atoms. The highest BCUT2D eigenvalue weighted by atomic mass is 16.5. The maximum Gasteiger partial charge on any atom is 0.323 e. The van der Waals surface area contributed by atoms with Crippen LogP contribution in [-0.4, -0.2) is 41.6 Å². The molecule has 0 aliphatic rings. The van der Waals surface area contributed by atoms with E-state index in [1.54, 1.807) is 6.92 Å². The number of aryl methyl sites for hydroxylation is 1. The molecule has 0 aliphatic heterocycles. The molecule has 0 saturated heterocycles. The van der Waals surface area contributed by atoms with E-state index >= 15 is 0 Å². The minimum atomic E-state index is -1.00. The van der Waals surface area contributed by atoms with Gasteiger partial charge in [0.15, 0.2) is 0 Å². The zero-order valence-electron chi connectivity index (χ0n) is 11.3. The molecule has 0 atom stereocenters. The molecule has 0 unspecified atom stereocenters. The molecule has 19 heavy (non-hydrogen) atoms. The number of aliphatic carboxylic acids is 1. The molecule has 1 aromatic carbocycles. The van der Waals surface area contributed by atoms with Gasteiger partial charge in [0, 0.05) is 6.54 Å². The molecule has 0 radical (unpaired) electrons. The van der Waals surface area contributed by atoms with Gasteiger partial charge in [0.25, 0.3) is 0 Å². The third-order valence-electron chi connectivity index (χ3n) is 2.63. The number of benzene rings is 1. The highest BCUT2D eigenvalue weighted by Gasteiger charge is 2.14. The van der Waals surface area contributed by atoms with Crippen molar-refractivity contribution in [3.63, 3.8) is 0 Å². The number of hydrogen-bond acceptors (Lipinski definition) is 3. The van der Waals surface area contributed by atoms with Crippen molar-refractivity contribution in [2.75, 3.05) is 19.7 Å². The van der Waals surface area contributed by atoms with Gasteiger partial charge >= 0.3 is 5.97 Å². The number of rotatable bonds is 7. The molecule has 104 valence electrons. The van der Waals surface area contributed by atoms with Crippen molar-refractivity contribution in [3.8, 4) is 5.75 Å². The first-order chi connectivity index (χ1) is 9.02. The molecular weight excluding hydrogens is 246 g/mol. The van der Waals surface area contributed by atoms with Gasteiger partial charge in [0.05, 0.1) is 13.0 Å². The van der Waals surface area contributed by atoms with Crippen LogP contribution < -0.4 is 4.74 Å². The Labute approximate surface area is 112 Å². The van der Waals surface area contributed by atoms with Crippen molar-refractivity contribution < 1.29 is 19.4 Å². The van der Waals surface area contributed by atoms with Crippen LogP contribution in [0.15, 0.2) is 24.3 Å². The number of carboxylic acid groups (broad SMARTS) is 1. The summed E-state index contributed by atoms with van der Waals surface area (Å²) in [4.78, 5) is 23.6. The van der Waals surface area contributed by atoms with Gasteiger partial charge < -0.3 is 14.7 Å². The molecule has 0 bridgehead atoms. The lowest BCUT2D eigenvalue weighted by Crippen LogP contribution is -2.36. The van der Waals surface area contributed by atoms with Gasteiger partial charge in [0.2, 0.25) is 5.91 Å². The summed E-state index contributed by atoms with van der Waals surface area (Å²) in [6, 6.07) is 7.56. The first-order valence-electron chi connectivity index (χ1n) is 6.22. The summed E-state index contributed by atoms with van der Waals surface area (Å²) >= 11 is 0. The van der Waals surface area contributed by atoms with Crippen molar-refractivity contribution in [1.82, 2.24) is 4.90 Å². The number of likely N-dealkylation sites (N-methyl/N-ethyl adjacent to an activating group) is 1. The molecule has 0 fully saturated rings. The third-order valence-corrected chi connectivity index (χ3v) is 2.63. The number of ether oxygens (including phenoxy) is 1. The van der Waals surface area contributed by atoms with E-state index < -0.39 is 5.97 Å². The summed E-state index contributed by atoms with van der Waals surface area (Å²) in [5, 5.41) is 8.67. The fraction of sp³-hybridized carbons (Fsp3) is 0.429. The Bertz CT molecular complexity index is 445. The minimum Gasteiger partial charge on any atom is -0.493 e. The molecule has 1 N–H and O–H groups in total. The Morgan fingerprint density at radius 1 is 1.37 bits per heavy atom. The summed E-state index contributed by atoms with van der Waals surface area (Å²) in [5.41, 5.74) is 1.09. The van der Waals surface area contributed by atoms with E-state index in [0.717, 1.165) is 5.56 Å². The molecule has 1 rings (SSSR count). The van der Waals surface area contributed by atoms with E-state index in [2.05, 4.69) is 0 Å². The normalized spacial score (nSPS) is 10.0. The van der Waals surface area contributed by atoms with E-state index in [1.807, 2.05) is 31.2 Å². The quantitative estimate of drug-likeness (QED) is 0.814. The Morgan fingerprint density at radius 2 is 2.11 bits per heavy atom. The summed E-state index contributed by atoms with van der Waals surface area (Å²) in [5.74, 6) is -0.499. The van der Waals surface area contributed by atoms with E-state index in [9.17, 15) is 9.59 Å². The van der Waals surface area contributed by atoms with Crippen LogP contribution in [0.3, 0.4) is 0 Å². The second kappa shape index (κ2) is 7.41. The van der Waals surface area contributed by atoms with Crippen molar-refractivity contribution in [1.29, 1.82) is 0 Å². The van der Waals surface area contributed by atoms with Crippen molar-refractivity contribution in [2.24, 2.45) is 0 Å². The van der Waals surface area contributed by atoms with Gasteiger partial charge in [-0.2, -0.15) is 0 Å². The van der Waals surface area contributed by atoms with Gasteiger partial charge in [-0.05, 0) is 31.5 Å². The molecule has 0 heterocycles. The minimum absolute atomic E-state index is 0.176. The van der Waals surface area contributed by atoms with E-state index in [-0.39, 0.29) is 25.5 Å². The molecule has 5 nitrogen and oxygen atoms in total. The van der Waals surface area contributed by atoms with Crippen LogP contribution in [0.4, 0.5) is 0 Å². The standard InChI is InChI=1S/C14H19NO4/c1-3-15(10-14(17)18)13(16)7-8-19-12-6-4-5-11(2)9-12/h4-6,9H,3,7-8,10H2,1-2H3,(H,17,18). The number of carbonyl (C=O) groups excluding carboxylic acids is 1. The number of hydrogen-bond donors (Lipinski definition) is 1. The lowest BCUT2D eigenvalue weighted by atomic mass is 10.2. The topological polar surface area (TPSA) is 66.8 Å². The molecule has 0 aliphatic carbocycles. The Hall–Kier alpha value is -2.04. The van der Waals surface area contributed by atoms with Gasteiger partial charge in [-0.25, -0.2) is 0 Å². The summed E-state index contributed by atoms with van der Waals surface area (Å²) in [6.45, 7) is 4.08. The second-order valence-electron chi connectivity index (χ2n) is 4.22. The molecule has 0 aromatic heterocycles. The Balaban J connectivity index is 2.39. The molecule has 1 amide bonds. The molecule has 5 heteroatoms. The van der Waals surface area contributed by atoms with Gasteiger partial charge in [0.1, 0.15) is 12.3 Å².